The highest BCUT2D eigenvalue weighted by Crippen LogP contribution is 2.18. The van der Waals surface area contributed by atoms with E-state index in [4.69, 9.17) is 14.2 Å². The summed E-state index contributed by atoms with van der Waals surface area (Å²) in [5.41, 5.74) is 3.44. The maximum atomic E-state index is 13.2. The van der Waals surface area contributed by atoms with Crippen LogP contribution in [0.2, 0.25) is 0 Å². The van der Waals surface area contributed by atoms with E-state index in [1.54, 1.807) is 45.0 Å². The average molecular weight is 610 g/mol. The summed E-state index contributed by atoms with van der Waals surface area (Å²) in [5, 5.41) is 8.23. The Balaban J connectivity index is 1.36. The third-order valence-corrected chi connectivity index (χ3v) is 6.45. The van der Waals surface area contributed by atoms with Gasteiger partial charge in [0.05, 0.1) is 0 Å². The van der Waals surface area contributed by atoms with Crippen LogP contribution in [-0.4, -0.2) is 29.7 Å². The van der Waals surface area contributed by atoms with Crippen LogP contribution in [0.4, 0.5) is 15.3 Å². The molecule has 1 atom stereocenters. The molecule has 0 spiro atoms. The van der Waals surface area contributed by atoms with Crippen molar-refractivity contribution in [2.45, 2.75) is 58.6 Å². The van der Waals surface area contributed by atoms with Crippen molar-refractivity contribution in [3.05, 3.63) is 131 Å². The summed E-state index contributed by atoms with van der Waals surface area (Å²) >= 11 is 0. The topological polar surface area (TPSA) is 115 Å². The number of hydrogen-bond acceptors (Lipinski definition) is 6. The van der Waals surface area contributed by atoms with Crippen LogP contribution in [0.5, 0.6) is 5.75 Å². The smallest absolute Gasteiger partial charge is 0.412 e. The fourth-order valence-corrected chi connectivity index (χ4v) is 4.28. The number of rotatable bonds is 12. The second-order valence-electron chi connectivity index (χ2n) is 11.4. The summed E-state index contributed by atoms with van der Waals surface area (Å²) in [7, 11) is 0. The molecule has 4 aromatic carbocycles. The lowest BCUT2D eigenvalue weighted by Crippen LogP contribution is -2.47. The molecule has 3 amide bonds. The predicted molar refractivity (Wildman–Crippen MR) is 173 cm³/mol. The van der Waals surface area contributed by atoms with E-state index in [2.05, 4.69) is 16.0 Å². The van der Waals surface area contributed by atoms with Gasteiger partial charge in [0.25, 0.3) is 0 Å². The van der Waals surface area contributed by atoms with Gasteiger partial charge in [-0.2, -0.15) is 0 Å². The van der Waals surface area contributed by atoms with Crippen LogP contribution in [0.15, 0.2) is 109 Å². The van der Waals surface area contributed by atoms with E-state index in [9.17, 15) is 14.4 Å². The maximum absolute atomic E-state index is 13.2. The van der Waals surface area contributed by atoms with E-state index in [0.29, 0.717) is 18.0 Å². The van der Waals surface area contributed by atoms with E-state index in [-0.39, 0.29) is 19.6 Å². The lowest BCUT2D eigenvalue weighted by molar-refractivity contribution is -0.147. The van der Waals surface area contributed by atoms with Crippen molar-refractivity contribution in [2.75, 3.05) is 5.32 Å². The van der Waals surface area contributed by atoms with Gasteiger partial charge in [0, 0.05) is 18.7 Å². The Morgan fingerprint density at radius 1 is 0.711 bits per heavy atom. The van der Waals surface area contributed by atoms with Crippen LogP contribution in [0.1, 0.15) is 43.0 Å². The Morgan fingerprint density at radius 2 is 1.33 bits per heavy atom. The largest absolute Gasteiger partial charge is 0.489 e. The summed E-state index contributed by atoms with van der Waals surface area (Å²) in [6.07, 6.45) is -0.347. The van der Waals surface area contributed by atoms with Crippen LogP contribution in [-0.2, 0) is 40.4 Å². The second kappa shape index (κ2) is 16.0. The highest BCUT2D eigenvalue weighted by molar-refractivity contribution is 5.85. The Kier molecular flexibility index (Phi) is 11.6. The van der Waals surface area contributed by atoms with Gasteiger partial charge in [0.1, 0.15) is 30.6 Å². The van der Waals surface area contributed by atoms with Crippen LogP contribution in [0, 0.1) is 0 Å². The normalized spacial score (nSPS) is 11.5. The molecule has 0 bridgehead atoms. The lowest BCUT2D eigenvalue weighted by Gasteiger charge is -2.20. The number of amides is 3. The Morgan fingerprint density at radius 3 is 1.98 bits per heavy atom. The van der Waals surface area contributed by atoms with E-state index < -0.39 is 29.7 Å². The van der Waals surface area contributed by atoms with E-state index in [0.717, 1.165) is 22.3 Å². The molecule has 0 saturated heterocycles. The number of benzene rings is 4. The molecule has 0 aliphatic carbocycles. The van der Waals surface area contributed by atoms with Crippen LogP contribution in [0.25, 0.3) is 0 Å². The number of ether oxygens (including phenoxy) is 3. The number of carbonyl (C=O) groups is 3. The van der Waals surface area contributed by atoms with Crippen molar-refractivity contribution in [3.63, 3.8) is 0 Å². The predicted octanol–water partition coefficient (Wildman–Crippen LogP) is 6.77. The average Bonchev–Trinajstić information content (AvgIpc) is 3.02. The van der Waals surface area contributed by atoms with Crippen molar-refractivity contribution in [1.82, 2.24) is 10.6 Å². The number of hydrogen-bond donors (Lipinski definition) is 3. The molecule has 0 aliphatic rings. The fourth-order valence-electron chi connectivity index (χ4n) is 4.28. The minimum Gasteiger partial charge on any atom is -0.489 e. The fraction of sp³-hybridized carbons (Fsp3) is 0.250. The number of urea groups is 1. The third kappa shape index (κ3) is 11.7. The molecule has 4 rings (SSSR count). The Labute approximate surface area is 263 Å². The summed E-state index contributed by atoms with van der Waals surface area (Å²) in [5.74, 6) is 0.101. The highest BCUT2D eigenvalue weighted by Gasteiger charge is 2.23. The molecule has 9 nitrogen and oxygen atoms in total. The molecule has 9 heteroatoms. The van der Waals surface area contributed by atoms with Crippen molar-refractivity contribution < 1.29 is 28.6 Å². The van der Waals surface area contributed by atoms with Crippen LogP contribution >= 0.6 is 0 Å². The third-order valence-electron chi connectivity index (χ3n) is 6.45. The van der Waals surface area contributed by atoms with Gasteiger partial charge in [-0.3, -0.25) is 5.32 Å². The second-order valence-corrected chi connectivity index (χ2v) is 11.4. The van der Waals surface area contributed by atoms with E-state index in [1.807, 2.05) is 84.9 Å². The number of nitrogens with one attached hydrogen (secondary N) is 3. The van der Waals surface area contributed by atoms with Crippen LogP contribution < -0.4 is 20.7 Å². The minimum atomic E-state index is -0.946. The molecule has 1 unspecified atom stereocenters. The van der Waals surface area contributed by atoms with Crippen molar-refractivity contribution >= 4 is 23.8 Å². The van der Waals surface area contributed by atoms with Gasteiger partial charge >= 0.3 is 18.1 Å². The molecule has 234 valence electrons. The molecule has 0 aromatic heterocycles. The first-order valence-electron chi connectivity index (χ1n) is 14.7. The monoisotopic (exact) mass is 609 g/mol. The molecule has 0 aliphatic heterocycles. The van der Waals surface area contributed by atoms with E-state index >= 15 is 0 Å². The summed E-state index contributed by atoms with van der Waals surface area (Å²) in [6, 6.07) is 32.1. The Hall–Kier alpha value is -5.31. The number of esters is 1. The molecule has 0 fully saturated rings. The zero-order valence-electron chi connectivity index (χ0n) is 25.7. The molecule has 3 N–H and O–H groups in total. The summed E-state index contributed by atoms with van der Waals surface area (Å²) in [4.78, 5) is 38.1. The van der Waals surface area contributed by atoms with Gasteiger partial charge < -0.3 is 24.8 Å². The van der Waals surface area contributed by atoms with Crippen LogP contribution in [0.3, 0.4) is 0 Å². The minimum absolute atomic E-state index is 0.0867. The SMILES string of the molecule is CC(C)(C)OC(=O)Nc1ccc(CNC(=O)NC(Cc2cccc(OCc3ccccc3)c2)C(=O)OCc2ccccc2)cc1. The van der Waals surface area contributed by atoms with Crippen molar-refractivity contribution in [3.8, 4) is 5.75 Å². The maximum Gasteiger partial charge on any atom is 0.412 e. The molecule has 0 saturated carbocycles. The van der Waals surface area contributed by atoms with Gasteiger partial charge in [0.2, 0.25) is 0 Å². The summed E-state index contributed by atoms with van der Waals surface area (Å²) in [6.45, 7) is 6.07. The Bertz CT molecular complexity index is 1540. The zero-order chi connectivity index (χ0) is 32.1. The molecule has 4 aromatic rings. The first kappa shape index (κ1) is 32.6. The van der Waals surface area contributed by atoms with E-state index in [1.165, 1.54) is 0 Å². The quantitative estimate of drug-likeness (QED) is 0.153. The number of carbonyl (C=O) groups excluding carboxylic acids is 3. The molecular weight excluding hydrogens is 570 g/mol. The van der Waals surface area contributed by atoms with Crippen molar-refractivity contribution in [2.24, 2.45) is 0 Å². The molecule has 45 heavy (non-hydrogen) atoms. The first-order chi connectivity index (χ1) is 21.6. The molecule has 0 radical (unpaired) electrons. The molecular formula is C36H39N3O6. The van der Waals surface area contributed by atoms with Gasteiger partial charge in [-0.1, -0.05) is 84.9 Å². The zero-order valence-corrected chi connectivity index (χ0v) is 25.7. The highest BCUT2D eigenvalue weighted by atomic mass is 16.6. The first-order valence-corrected chi connectivity index (χ1v) is 14.7. The van der Waals surface area contributed by atoms with Gasteiger partial charge in [-0.25, -0.2) is 14.4 Å². The number of anilines is 1. The van der Waals surface area contributed by atoms with Gasteiger partial charge in [-0.15, -0.1) is 0 Å². The molecule has 0 heterocycles. The standard InChI is InChI=1S/C36H39N3O6/c1-36(2,3)45-35(42)38-30-19-17-26(18-20-30)23-37-34(41)39-32(33(40)44-25-28-13-8-5-9-14-28)22-29-15-10-16-31(21-29)43-24-27-11-6-4-7-12-27/h4-21,32H,22-25H2,1-3H3,(H,38,42)(H2,37,39,41). The van der Waals surface area contributed by atoms with Gasteiger partial charge in [0.15, 0.2) is 0 Å². The van der Waals surface area contributed by atoms with Gasteiger partial charge in [-0.05, 0) is 67.3 Å². The summed E-state index contributed by atoms with van der Waals surface area (Å²) < 4.78 is 16.8. The lowest BCUT2D eigenvalue weighted by atomic mass is 10.1. The van der Waals surface area contributed by atoms with Crippen molar-refractivity contribution in [1.29, 1.82) is 0 Å².